The molecule has 34 heavy (non-hydrogen) atoms. The second-order valence-electron chi connectivity index (χ2n) is 13.4. The molecule has 0 aromatic carbocycles. The van der Waals surface area contributed by atoms with E-state index in [1.54, 1.807) is 11.1 Å². The van der Waals surface area contributed by atoms with E-state index in [4.69, 9.17) is 9.47 Å². The Morgan fingerprint density at radius 2 is 1.68 bits per heavy atom. The molecule has 7 atom stereocenters. The summed E-state index contributed by atoms with van der Waals surface area (Å²) < 4.78 is 12.2. The number of nitriles is 1. The molecule has 1 saturated heterocycles. The smallest absolute Gasteiger partial charge is 0.170 e. The molecule has 5 aliphatic rings. The van der Waals surface area contributed by atoms with E-state index in [-0.39, 0.29) is 10.8 Å². The van der Waals surface area contributed by atoms with Gasteiger partial charge in [0.05, 0.1) is 24.7 Å². The van der Waals surface area contributed by atoms with E-state index < -0.39 is 5.79 Å². The van der Waals surface area contributed by atoms with E-state index >= 15 is 0 Å². The van der Waals surface area contributed by atoms with E-state index in [0.29, 0.717) is 42.3 Å². The Bertz CT molecular complexity index is 905. The van der Waals surface area contributed by atoms with E-state index in [0.717, 1.165) is 38.0 Å². The fourth-order valence-electron chi connectivity index (χ4n) is 9.02. The van der Waals surface area contributed by atoms with Crippen molar-refractivity contribution in [1.29, 1.82) is 5.26 Å². The molecule has 0 radical (unpaired) electrons. The molecule has 3 nitrogen and oxygen atoms in total. The average molecular weight is 466 g/mol. The van der Waals surface area contributed by atoms with Gasteiger partial charge < -0.3 is 9.47 Å². The SMILES string of the molecule is CC(C)[C@@H](C)C=C[C@@H](C)[C@H]1CC[C@H]2C3=C(CC[C@]12C)[C@@]1(C)CCC2(C[C@@]1(C#N)CC3)OCCO2. The Balaban J connectivity index is 1.42. The highest BCUT2D eigenvalue weighted by Gasteiger charge is 2.64. The standard InChI is InChI=1S/C31H47NO2/c1-21(2)22(3)7-8-23(4)25-9-10-26-24-11-14-30(20-32)19-31(33-17-18-34-31)16-15-29(30,6)27(24)12-13-28(25,26)5/h7-8,21-23,25-26H,9-19H2,1-6H3/t22-,23+,25+,26-,28+,29+,30+/m0/s1. The van der Waals surface area contributed by atoms with Crippen LogP contribution in [0.15, 0.2) is 23.3 Å². The highest BCUT2D eigenvalue weighted by atomic mass is 16.7. The molecule has 0 unspecified atom stereocenters. The van der Waals surface area contributed by atoms with Gasteiger partial charge in [0.15, 0.2) is 5.79 Å². The van der Waals surface area contributed by atoms with Gasteiger partial charge in [-0.2, -0.15) is 5.26 Å². The fraction of sp³-hybridized carbons (Fsp3) is 0.839. The lowest BCUT2D eigenvalue weighted by Gasteiger charge is -2.59. The summed E-state index contributed by atoms with van der Waals surface area (Å²) in [5.74, 6) is 2.98. The molecule has 5 rings (SSSR count). The molecule has 188 valence electrons. The molecular formula is C31H47NO2. The summed E-state index contributed by atoms with van der Waals surface area (Å²) in [5, 5.41) is 10.6. The van der Waals surface area contributed by atoms with Gasteiger partial charge in [-0.25, -0.2) is 0 Å². The van der Waals surface area contributed by atoms with Gasteiger partial charge in [-0.1, -0.05) is 64.8 Å². The molecule has 0 aromatic rings. The van der Waals surface area contributed by atoms with Crippen LogP contribution in [0.1, 0.15) is 99.3 Å². The van der Waals surface area contributed by atoms with Crippen LogP contribution in [0, 0.1) is 57.2 Å². The third kappa shape index (κ3) is 3.49. The van der Waals surface area contributed by atoms with Crippen LogP contribution in [0.3, 0.4) is 0 Å². The van der Waals surface area contributed by atoms with Crippen molar-refractivity contribution < 1.29 is 9.47 Å². The van der Waals surface area contributed by atoms with Crippen molar-refractivity contribution in [3.63, 3.8) is 0 Å². The largest absolute Gasteiger partial charge is 0.347 e. The minimum Gasteiger partial charge on any atom is -0.347 e. The van der Waals surface area contributed by atoms with Gasteiger partial charge in [-0.3, -0.25) is 0 Å². The number of hydrogen-bond acceptors (Lipinski definition) is 3. The summed E-state index contributed by atoms with van der Waals surface area (Å²) >= 11 is 0. The first-order chi connectivity index (χ1) is 16.1. The Morgan fingerprint density at radius 3 is 2.35 bits per heavy atom. The Labute approximate surface area is 208 Å². The van der Waals surface area contributed by atoms with Crippen LogP contribution in [0.2, 0.25) is 0 Å². The van der Waals surface area contributed by atoms with Crippen molar-refractivity contribution in [1.82, 2.24) is 0 Å². The zero-order valence-electron chi connectivity index (χ0n) is 22.6. The van der Waals surface area contributed by atoms with Gasteiger partial charge in [0, 0.05) is 18.3 Å². The highest BCUT2D eigenvalue weighted by Crippen LogP contribution is 2.70. The zero-order chi connectivity index (χ0) is 24.4. The normalized spacial score (nSPS) is 43.0. The molecule has 1 heterocycles. The summed E-state index contributed by atoms with van der Waals surface area (Å²) in [5.41, 5.74) is 3.48. The zero-order valence-corrected chi connectivity index (χ0v) is 22.6. The predicted octanol–water partition coefficient (Wildman–Crippen LogP) is 7.83. The maximum absolute atomic E-state index is 10.6. The van der Waals surface area contributed by atoms with Crippen molar-refractivity contribution in [2.75, 3.05) is 13.2 Å². The quantitative estimate of drug-likeness (QED) is 0.397. The maximum Gasteiger partial charge on any atom is 0.170 e. The molecule has 4 aliphatic carbocycles. The molecule has 0 bridgehead atoms. The Morgan fingerprint density at radius 1 is 0.941 bits per heavy atom. The van der Waals surface area contributed by atoms with Crippen LogP contribution in [-0.2, 0) is 9.47 Å². The number of allylic oxidation sites excluding steroid dienone is 4. The van der Waals surface area contributed by atoms with Gasteiger partial charge in [0.25, 0.3) is 0 Å². The molecule has 1 spiro atoms. The van der Waals surface area contributed by atoms with Crippen LogP contribution in [0.4, 0.5) is 0 Å². The lowest BCUT2D eigenvalue weighted by molar-refractivity contribution is -0.217. The van der Waals surface area contributed by atoms with Crippen molar-refractivity contribution >= 4 is 0 Å². The number of fused-ring (bicyclic) bond motifs is 4. The van der Waals surface area contributed by atoms with Gasteiger partial charge >= 0.3 is 0 Å². The molecular weight excluding hydrogens is 418 g/mol. The van der Waals surface area contributed by atoms with Gasteiger partial charge in [-0.15, -0.1) is 0 Å². The van der Waals surface area contributed by atoms with Crippen LogP contribution in [0.5, 0.6) is 0 Å². The minimum absolute atomic E-state index is 0.0203. The van der Waals surface area contributed by atoms with Crippen LogP contribution < -0.4 is 0 Å². The average Bonchev–Trinajstić information content (AvgIpc) is 3.41. The van der Waals surface area contributed by atoms with E-state index in [1.807, 2.05) is 0 Å². The van der Waals surface area contributed by atoms with Crippen LogP contribution >= 0.6 is 0 Å². The summed E-state index contributed by atoms with van der Waals surface area (Å²) in [7, 11) is 0. The minimum atomic E-state index is -0.496. The molecule has 1 aliphatic heterocycles. The van der Waals surface area contributed by atoms with Gasteiger partial charge in [0.2, 0.25) is 0 Å². The fourth-order valence-corrected chi connectivity index (χ4v) is 9.02. The summed E-state index contributed by atoms with van der Waals surface area (Å²) in [4.78, 5) is 0. The maximum atomic E-state index is 10.6. The number of hydrogen-bond donors (Lipinski definition) is 0. The third-order valence-electron chi connectivity index (χ3n) is 11.7. The number of rotatable bonds is 4. The molecule has 2 saturated carbocycles. The lowest BCUT2D eigenvalue weighted by Crippen LogP contribution is -2.55. The van der Waals surface area contributed by atoms with Crippen molar-refractivity contribution in [2.24, 2.45) is 45.8 Å². The lowest BCUT2D eigenvalue weighted by atomic mass is 9.45. The summed E-state index contributed by atoms with van der Waals surface area (Å²) in [6, 6.07) is 2.87. The summed E-state index contributed by atoms with van der Waals surface area (Å²) in [6.07, 6.45) is 15.0. The molecule has 0 amide bonds. The number of nitrogens with zero attached hydrogens (tertiary/aromatic N) is 1. The molecule has 3 fully saturated rings. The second-order valence-corrected chi connectivity index (χ2v) is 13.4. The molecule has 0 aromatic heterocycles. The first-order valence-corrected chi connectivity index (χ1v) is 14.2. The van der Waals surface area contributed by atoms with E-state index in [2.05, 4.69) is 59.8 Å². The predicted molar refractivity (Wildman–Crippen MR) is 137 cm³/mol. The Hall–Kier alpha value is -1.11. The van der Waals surface area contributed by atoms with Crippen LogP contribution in [0.25, 0.3) is 0 Å². The van der Waals surface area contributed by atoms with Crippen molar-refractivity contribution in [3.05, 3.63) is 23.3 Å². The first-order valence-electron chi connectivity index (χ1n) is 14.2. The molecule has 0 N–H and O–H groups in total. The number of ether oxygens (including phenoxy) is 2. The van der Waals surface area contributed by atoms with Crippen LogP contribution in [-0.4, -0.2) is 19.0 Å². The van der Waals surface area contributed by atoms with E-state index in [9.17, 15) is 5.26 Å². The molecule has 3 heteroatoms. The first kappa shape index (κ1) is 24.6. The third-order valence-corrected chi connectivity index (χ3v) is 11.7. The van der Waals surface area contributed by atoms with E-state index in [1.165, 1.54) is 25.7 Å². The van der Waals surface area contributed by atoms with Gasteiger partial charge in [-0.05, 0) is 80.0 Å². The Kier molecular flexibility index (Phi) is 6.13. The van der Waals surface area contributed by atoms with Crippen molar-refractivity contribution in [2.45, 2.75) is 105 Å². The highest BCUT2D eigenvalue weighted by molar-refractivity contribution is 5.39. The summed E-state index contributed by atoms with van der Waals surface area (Å²) in [6.45, 7) is 15.9. The topological polar surface area (TPSA) is 42.2 Å². The van der Waals surface area contributed by atoms with Crippen molar-refractivity contribution in [3.8, 4) is 6.07 Å². The van der Waals surface area contributed by atoms with Gasteiger partial charge in [0.1, 0.15) is 0 Å². The monoisotopic (exact) mass is 465 g/mol. The second kappa shape index (κ2) is 8.48.